The highest BCUT2D eigenvalue weighted by Gasteiger charge is 2.41. The first-order valence-corrected chi connectivity index (χ1v) is 8.96. The maximum Gasteiger partial charge on any atom is 0.336 e. The molecule has 1 aliphatic heterocycles. The molecule has 29 heavy (non-hydrogen) atoms. The van der Waals surface area contributed by atoms with Gasteiger partial charge >= 0.3 is 11.9 Å². The molecule has 0 saturated carbocycles. The van der Waals surface area contributed by atoms with Crippen LogP contribution < -0.4 is 0 Å². The second kappa shape index (κ2) is 9.59. The van der Waals surface area contributed by atoms with Gasteiger partial charge in [0, 0.05) is 29.5 Å². The molecular weight excluding hydrogens is 376 g/mol. The molecule has 152 valence electrons. The number of carboxylic acids is 1. The number of aliphatic carboxylic acids is 1. The molecule has 0 amide bonds. The summed E-state index contributed by atoms with van der Waals surface area (Å²) in [7, 11) is 0. The number of carboxylic acid groups (broad SMARTS) is 1. The smallest absolute Gasteiger partial charge is 0.336 e. The van der Waals surface area contributed by atoms with E-state index in [1.54, 1.807) is 38.1 Å². The fourth-order valence-electron chi connectivity index (χ4n) is 3.26. The second-order valence-electron chi connectivity index (χ2n) is 6.45. The van der Waals surface area contributed by atoms with Crippen LogP contribution in [0.15, 0.2) is 64.8 Å². The minimum atomic E-state index is -1.17. The predicted octanol–water partition coefficient (Wildman–Crippen LogP) is 3.80. The molecule has 1 aliphatic rings. The van der Waals surface area contributed by atoms with E-state index in [9.17, 15) is 24.8 Å². The molecule has 8 nitrogen and oxygen atoms in total. The van der Waals surface area contributed by atoms with Gasteiger partial charge in [0.1, 0.15) is 12.5 Å². The highest BCUT2D eigenvalue weighted by atomic mass is 16.6. The SMILES string of the molecule is CC=CC=CCOC(=O)C1=C(C)N=C(C)C(C(=O)O)C1c1cccc([N+](=O)[O-])c1. The van der Waals surface area contributed by atoms with Crippen LogP contribution in [0.2, 0.25) is 0 Å². The zero-order valence-corrected chi connectivity index (χ0v) is 16.4. The second-order valence-corrected chi connectivity index (χ2v) is 6.45. The van der Waals surface area contributed by atoms with Crippen molar-refractivity contribution >= 4 is 23.3 Å². The van der Waals surface area contributed by atoms with Crippen LogP contribution in [0, 0.1) is 16.0 Å². The average Bonchev–Trinajstić information content (AvgIpc) is 2.66. The van der Waals surface area contributed by atoms with Crippen molar-refractivity contribution in [3.8, 4) is 0 Å². The summed E-state index contributed by atoms with van der Waals surface area (Å²) in [5.41, 5.74) is 0.890. The molecule has 2 atom stereocenters. The number of aliphatic imine (C=N–C) groups is 1. The Morgan fingerprint density at radius 2 is 2.03 bits per heavy atom. The van der Waals surface area contributed by atoms with Crippen LogP contribution in [-0.2, 0) is 14.3 Å². The molecule has 0 bridgehead atoms. The van der Waals surface area contributed by atoms with Gasteiger partial charge in [0.2, 0.25) is 0 Å². The van der Waals surface area contributed by atoms with Gasteiger partial charge < -0.3 is 9.84 Å². The van der Waals surface area contributed by atoms with Crippen molar-refractivity contribution in [2.75, 3.05) is 6.61 Å². The number of benzene rings is 1. The van der Waals surface area contributed by atoms with E-state index < -0.39 is 28.7 Å². The number of carbonyl (C=O) groups is 2. The van der Waals surface area contributed by atoms with Gasteiger partial charge in [-0.25, -0.2) is 4.79 Å². The summed E-state index contributed by atoms with van der Waals surface area (Å²) in [5, 5.41) is 20.9. The van der Waals surface area contributed by atoms with Crippen molar-refractivity contribution in [3.63, 3.8) is 0 Å². The minimum Gasteiger partial charge on any atom is -0.481 e. The highest BCUT2D eigenvalue weighted by molar-refractivity contribution is 6.06. The van der Waals surface area contributed by atoms with Gasteiger partial charge in [-0.2, -0.15) is 0 Å². The number of nitro benzene ring substituents is 1. The van der Waals surface area contributed by atoms with E-state index in [4.69, 9.17) is 4.74 Å². The minimum absolute atomic E-state index is 0.00203. The number of nitro groups is 1. The lowest BCUT2D eigenvalue weighted by Crippen LogP contribution is -2.35. The number of carbonyl (C=O) groups excluding carboxylic acids is 1. The normalized spacial score (nSPS) is 19.5. The van der Waals surface area contributed by atoms with Gasteiger partial charge in [0.15, 0.2) is 0 Å². The molecule has 2 unspecified atom stereocenters. The lowest BCUT2D eigenvalue weighted by molar-refractivity contribution is -0.384. The summed E-state index contributed by atoms with van der Waals surface area (Å²) in [6, 6.07) is 5.62. The van der Waals surface area contributed by atoms with Crippen LogP contribution in [0.3, 0.4) is 0 Å². The molecule has 8 heteroatoms. The largest absolute Gasteiger partial charge is 0.481 e. The maximum absolute atomic E-state index is 12.8. The van der Waals surface area contributed by atoms with Crippen LogP contribution in [0.4, 0.5) is 5.69 Å². The number of esters is 1. The molecule has 1 N–H and O–H groups in total. The zero-order valence-electron chi connectivity index (χ0n) is 16.4. The van der Waals surface area contributed by atoms with E-state index >= 15 is 0 Å². The van der Waals surface area contributed by atoms with Crippen LogP contribution >= 0.6 is 0 Å². The molecule has 0 saturated heterocycles. The third kappa shape index (κ3) is 5.04. The molecule has 0 spiro atoms. The fraction of sp³-hybridized carbons (Fsp3) is 0.286. The first kappa shape index (κ1) is 21.7. The van der Waals surface area contributed by atoms with Crippen molar-refractivity contribution < 1.29 is 24.4 Å². The molecule has 0 radical (unpaired) electrons. The van der Waals surface area contributed by atoms with Gasteiger partial charge in [-0.15, -0.1) is 0 Å². The van der Waals surface area contributed by atoms with Gasteiger partial charge in [-0.05, 0) is 32.4 Å². The Labute approximate surface area is 168 Å². The van der Waals surface area contributed by atoms with Crippen molar-refractivity contribution in [3.05, 3.63) is 75.5 Å². The molecule has 0 fully saturated rings. The number of ether oxygens (including phenoxy) is 1. The van der Waals surface area contributed by atoms with Crippen LogP contribution in [-0.4, -0.2) is 34.3 Å². The summed E-state index contributed by atoms with van der Waals surface area (Å²) in [6.07, 6.45) is 6.95. The lowest BCUT2D eigenvalue weighted by atomic mass is 9.75. The van der Waals surface area contributed by atoms with Crippen LogP contribution in [0.1, 0.15) is 32.3 Å². The van der Waals surface area contributed by atoms with Gasteiger partial charge in [0.05, 0.1) is 10.5 Å². The topological polar surface area (TPSA) is 119 Å². The molecule has 0 aliphatic carbocycles. The summed E-state index contributed by atoms with van der Waals surface area (Å²) in [4.78, 5) is 39.6. The quantitative estimate of drug-likeness (QED) is 0.323. The summed E-state index contributed by atoms with van der Waals surface area (Å²) < 4.78 is 5.28. The molecule has 1 aromatic rings. The van der Waals surface area contributed by atoms with E-state index in [-0.39, 0.29) is 17.9 Å². The Bertz CT molecular complexity index is 942. The summed E-state index contributed by atoms with van der Waals surface area (Å²) >= 11 is 0. The molecule has 2 rings (SSSR count). The van der Waals surface area contributed by atoms with Crippen molar-refractivity contribution in [2.45, 2.75) is 26.7 Å². The van der Waals surface area contributed by atoms with Crippen molar-refractivity contribution in [2.24, 2.45) is 10.9 Å². The van der Waals surface area contributed by atoms with Crippen molar-refractivity contribution in [1.29, 1.82) is 0 Å². The zero-order chi connectivity index (χ0) is 21.6. The first-order valence-electron chi connectivity index (χ1n) is 8.96. The standard InChI is InChI=1S/C21H22N2O6/c1-4-5-6-7-11-29-21(26)18-14(3)22-13(2)17(20(24)25)19(18)15-9-8-10-16(12-15)23(27)28/h4-10,12,17,19H,11H2,1-3H3,(H,24,25). The Morgan fingerprint density at radius 3 is 2.66 bits per heavy atom. The predicted molar refractivity (Wildman–Crippen MR) is 108 cm³/mol. The van der Waals surface area contributed by atoms with E-state index in [0.717, 1.165) is 0 Å². The number of hydrogen-bond acceptors (Lipinski definition) is 6. The third-order valence-electron chi connectivity index (χ3n) is 4.50. The fourth-order valence-corrected chi connectivity index (χ4v) is 3.26. The van der Waals surface area contributed by atoms with E-state index in [1.165, 1.54) is 18.2 Å². The van der Waals surface area contributed by atoms with Gasteiger partial charge in [-0.1, -0.05) is 30.4 Å². The Balaban J connectivity index is 2.50. The molecular formula is C21H22N2O6. The van der Waals surface area contributed by atoms with E-state index in [1.807, 2.05) is 13.0 Å². The number of rotatable bonds is 7. The Hall–Kier alpha value is -3.55. The Kier molecular flexibility index (Phi) is 7.19. The highest BCUT2D eigenvalue weighted by Crippen LogP contribution is 2.40. The first-order chi connectivity index (χ1) is 13.8. The summed E-state index contributed by atoms with van der Waals surface area (Å²) in [6.45, 7) is 5.01. The monoisotopic (exact) mass is 398 g/mol. The lowest BCUT2D eigenvalue weighted by Gasteiger charge is -2.30. The summed E-state index contributed by atoms with van der Waals surface area (Å²) in [5.74, 6) is -3.96. The number of non-ortho nitro benzene ring substituents is 1. The number of allylic oxidation sites excluding steroid dienone is 4. The number of hydrogen-bond donors (Lipinski definition) is 1. The van der Waals surface area contributed by atoms with E-state index in [2.05, 4.69) is 4.99 Å². The maximum atomic E-state index is 12.8. The number of nitrogens with zero attached hydrogens (tertiary/aromatic N) is 2. The molecule has 1 aromatic carbocycles. The van der Waals surface area contributed by atoms with Crippen LogP contribution in [0.5, 0.6) is 0 Å². The average molecular weight is 398 g/mol. The van der Waals surface area contributed by atoms with Crippen LogP contribution in [0.25, 0.3) is 0 Å². The van der Waals surface area contributed by atoms with Crippen molar-refractivity contribution in [1.82, 2.24) is 0 Å². The van der Waals surface area contributed by atoms with Gasteiger partial charge in [-0.3, -0.25) is 19.9 Å². The van der Waals surface area contributed by atoms with Gasteiger partial charge in [0.25, 0.3) is 5.69 Å². The molecule has 1 heterocycles. The third-order valence-corrected chi connectivity index (χ3v) is 4.50. The Morgan fingerprint density at radius 1 is 1.31 bits per heavy atom. The van der Waals surface area contributed by atoms with E-state index in [0.29, 0.717) is 17.0 Å². The molecule has 0 aromatic heterocycles.